The minimum atomic E-state index is 0.548. The number of nitrogen functional groups attached to an aromatic ring is 1. The number of benzene rings is 2. The Balaban J connectivity index is 2.36. The van der Waals surface area contributed by atoms with E-state index in [9.17, 15) is 5.26 Å². The van der Waals surface area contributed by atoms with Crippen LogP contribution in [0.1, 0.15) is 25.0 Å². The highest BCUT2D eigenvalue weighted by molar-refractivity contribution is 7.99. The molecule has 0 aliphatic rings. The average Bonchev–Trinajstić information content (AvgIpc) is 2.50. The Morgan fingerprint density at radius 2 is 2.00 bits per heavy atom. The number of thioether (sulfide) groups is 1. The molecule has 0 spiro atoms. The second kappa shape index (κ2) is 7.05. The highest BCUT2D eigenvalue weighted by Gasteiger charge is 2.11. The lowest BCUT2D eigenvalue weighted by molar-refractivity contribution is 0.481. The maximum Gasteiger partial charge on any atom is 0.150 e. The Kier molecular flexibility index (Phi) is 5.13. The van der Waals surface area contributed by atoms with Crippen LogP contribution in [0.2, 0.25) is 0 Å². The number of aryl methyl sites for hydroxylation is 1. The van der Waals surface area contributed by atoms with Crippen molar-refractivity contribution in [2.45, 2.75) is 25.2 Å². The Labute approximate surface area is 129 Å². The molecule has 0 aliphatic carbocycles. The molecule has 0 unspecified atom stereocenters. The summed E-state index contributed by atoms with van der Waals surface area (Å²) < 4.78 is 5.86. The van der Waals surface area contributed by atoms with Gasteiger partial charge in [-0.2, -0.15) is 5.26 Å². The number of nitrogens with two attached hydrogens (primary N) is 1. The molecule has 0 aromatic heterocycles. The van der Waals surface area contributed by atoms with Gasteiger partial charge in [-0.05, 0) is 42.0 Å². The maximum atomic E-state index is 9.38. The summed E-state index contributed by atoms with van der Waals surface area (Å²) in [6.45, 7) is 4.13. The van der Waals surface area contributed by atoms with Gasteiger partial charge in [0, 0.05) is 4.90 Å². The Bertz CT molecular complexity index is 677. The van der Waals surface area contributed by atoms with E-state index in [1.807, 2.05) is 30.3 Å². The smallest absolute Gasteiger partial charge is 0.150 e. The fourth-order valence-electron chi connectivity index (χ4n) is 2.01. The van der Waals surface area contributed by atoms with Crippen molar-refractivity contribution in [3.8, 4) is 17.6 Å². The number of anilines is 1. The lowest BCUT2D eigenvalue weighted by atomic mass is 10.1. The van der Waals surface area contributed by atoms with Crippen molar-refractivity contribution in [3.63, 3.8) is 0 Å². The zero-order chi connectivity index (χ0) is 15.2. The molecule has 21 heavy (non-hydrogen) atoms. The molecule has 0 saturated carbocycles. The number of ether oxygens (including phenoxy) is 1. The number of nitriles is 1. The van der Waals surface area contributed by atoms with Gasteiger partial charge in [-0.15, -0.1) is 11.8 Å². The number of rotatable bonds is 5. The molecule has 0 aliphatic heterocycles. The van der Waals surface area contributed by atoms with E-state index < -0.39 is 0 Å². The van der Waals surface area contributed by atoms with Crippen LogP contribution in [0.25, 0.3) is 0 Å². The van der Waals surface area contributed by atoms with Crippen LogP contribution in [0, 0.1) is 11.3 Å². The van der Waals surface area contributed by atoms with E-state index in [1.165, 1.54) is 0 Å². The monoisotopic (exact) mass is 298 g/mol. The maximum absolute atomic E-state index is 9.38. The molecule has 0 radical (unpaired) electrons. The highest BCUT2D eigenvalue weighted by Crippen LogP contribution is 2.34. The van der Waals surface area contributed by atoms with Crippen molar-refractivity contribution in [2.75, 3.05) is 11.5 Å². The molecule has 2 aromatic carbocycles. The van der Waals surface area contributed by atoms with Gasteiger partial charge in [-0.25, -0.2) is 0 Å². The molecule has 4 heteroatoms. The van der Waals surface area contributed by atoms with Crippen molar-refractivity contribution in [3.05, 3.63) is 47.5 Å². The van der Waals surface area contributed by atoms with Gasteiger partial charge in [0.25, 0.3) is 0 Å². The Hall–Kier alpha value is -2.12. The van der Waals surface area contributed by atoms with Crippen LogP contribution >= 0.6 is 11.8 Å². The van der Waals surface area contributed by atoms with Crippen LogP contribution in [0.15, 0.2) is 41.3 Å². The normalized spacial score (nSPS) is 10.1. The third-order valence-electron chi connectivity index (χ3n) is 3.10. The van der Waals surface area contributed by atoms with Crippen molar-refractivity contribution in [1.29, 1.82) is 5.26 Å². The summed E-state index contributed by atoms with van der Waals surface area (Å²) in [7, 11) is 0. The van der Waals surface area contributed by atoms with Crippen LogP contribution in [0.3, 0.4) is 0 Å². The minimum absolute atomic E-state index is 0.548. The van der Waals surface area contributed by atoms with Crippen molar-refractivity contribution < 1.29 is 4.74 Å². The van der Waals surface area contributed by atoms with Gasteiger partial charge >= 0.3 is 0 Å². The third-order valence-corrected chi connectivity index (χ3v) is 4.04. The van der Waals surface area contributed by atoms with Gasteiger partial charge in [0.15, 0.2) is 0 Å². The Morgan fingerprint density at radius 3 is 2.62 bits per heavy atom. The predicted octanol–water partition coefficient (Wildman–Crippen LogP) is 4.61. The summed E-state index contributed by atoms with van der Waals surface area (Å²) in [6, 6.07) is 13.6. The SMILES string of the molecule is CCSc1cccc(Oc2ccc(CC)cc2N)c1C#N. The van der Waals surface area contributed by atoms with Crippen LogP contribution in [0.5, 0.6) is 11.5 Å². The van der Waals surface area contributed by atoms with Crippen molar-refractivity contribution in [1.82, 2.24) is 0 Å². The summed E-state index contributed by atoms with van der Waals surface area (Å²) in [4.78, 5) is 0.932. The van der Waals surface area contributed by atoms with E-state index >= 15 is 0 Å². The van der Waals surface area contributed by atoms with Crippen molar-refractivity contribution >= 4 is 17.4 Å². The van der Waals surface area contributed by atoms with Gasteiger partial charge in [-0.1, -0.05) is 26.0 Å². The molecule has 108 valence electrons. The first-order chi connectivity index (χ1) is 10.2. The van der Waals surface area contributed by atoms with Gasteiger partial charge in [0.1, 0.15) is 23.1 Å². The average molecular weight is 298 g/mol. The van der Waals surface area contributed by atoms with E-state index in [0.717, 1.165) is 22.6 Å². The molecule has 0 fully saturated rings. The molecule has 0 saturated heterocycles. The fraction of sp³-hybridized carbons (Fsp3) is 0.235. The van der Waals surface area contributed by atoms with E-state index in [0.29, 0.717) is 22.7 Å². The molecule has 0 heterocycles. The van der Waals surface area contributed by atoms with E-state index in [1.54, 1.807) is 17.8 Å². The molecule has 3 nitrogen and oxygen atoms in total. The first-order valence-electron chi connectivity index (χ1n) is 6.91. The molecular formula is C17H18N2OS. The number of nitrogens with zero attached hydrogens (tertiary/aromatic N) is 1. The van der Waals surface area contributed by atoms with Crippen LogP contribution < -0.4 is 10.5 Å². The zero-order valence-electron chi connectivity index (χ0n) is 12.2. The summed E-state index contributed by atoms with van der Waals surface area (Å²) >= 11 is 1.63. The van der Waals surface area contributed by atoms with Crippen LogP contribution in [0.4, 0.5) is 5.69 Å². The number of hydrogen-bond donors (Lipinski definition) is 1. The third kappa shape index (κ3) is 3.50. The lowest BCUT2D eigenvalue weighted by Gasteiger charge is -2.12. The molecule has 2 rings (SSSR count). The van der Waals surface area contributed by atoms with Gasteiger partial charge in [-0.3, -0.25) is 0 Å². The highest BCUT2D eigenvalue weighted by atomic mass is 32.2. The van der Waals surface area contributed by atoms with Crippen LogP contribution in [-0.2, 0) is 6.42 Å². The standard InChI is InChI=1S/C17H18N2OS/c1-3-12-8-9-16(14(19)10-12)20-15-6-5-7-17(21-4-2)13(15)11-18/h5-10H,3-4,19H2,1-2H3. The summed E-state index contributed by atoms with van der Waals surface area (Å²) in [6.07, 6.45) is 0.927. The van der Waals surface area contributed by atoms with E-state index in [4.69, 9.17) is 10.5 Å². The minimum Gasteiger partial charge on any atom is -0.454 e. The first kappa shape index (κ1) is 15.3. The largest absolute Gasteiger partial charge is 0.454 e. The summed E-state index contributed by atoms with van der Waals surface area (Å²) in [5.41, 5.74) is 8.33. The van der Waals surface area contributed by atoms with Crippen LogP contribution in [-0.4, -0.2) is 5.75 Å². The van der Waals surface area contributed by atoms with Crippen molar-refractivity contribution in [2.24, 2.45) is 0 Å². The molecule has 0 atom stereocenters. The van der Waals surface area contributed by atoms with Gasteiger partial charge in [0.05, 0.1) is 5.69 Å². The molecule has 0 bridgehead atoms. The van der Waals surface area contributed by atoms with Gasteiger partial charge in [0.2, 0.25) is 0 Å². The second-order valence-electron chi connectivity index (χ2n) is 4.50. The van der Waals surface area contributed by atoms with Gasteiger partial charge < -0.3 is 10.5 Å². The molecule has 2 N–H and O–H groups in total. The number of hydrogen-bond acceptors (Lipinski definition) is 4. The van der Waals surface area contributed by atoms with E-state index in [-0.39, 0.29) is 0 Å². The fourth-order valence-corrected chi connectivity index (χ4v) is 2.79. The predicted molar refractivity (Wildman–Crippen MR) is 87.9 cm³/mol. The van der Waals surface area contributed by atoms with E-state index in [2.05, 4.69) is 19.9 Å². The topological polar surface area (TPSA) is 59.0 Å². The molecule has 2 aromatic rings. The first-order valence-corrected chi connectivity index (χ1v) is 7.90. The summed E-state index contributed by atoms with van der Waals surface area (Å²) in [5.74, 6) is 2.04. The quantitative estimate of drug-likeness (QED) is 0.647. The zero-order valence-corrected chi connectivity index (χ0v) is 13.0. The lowest BCUT2D eigenvalue weighted by Crippen LogP contribution is -1.96. The Morgan fingerprint density at radius 1 is 1.19 bits per heavy atom. The second-order valence-corrected chi connectivity index (χ2v) is 5.81. The molecular weight excluding hydrogens is 280 g/mol. The molecule has 0 amide bonds. The summed E-state index contributed by atoms with van der Waals surface area (Å²) in [5, 5.41) is 9.38.